The Morgan fingerprint density at radius 1 is 1.44 bits per heavy atom. The topological polar surface area (TPSA) is 52.0 Å². The van der Waals surface area contributed by atoms with Crippen LogP contribution < -0.4 is 5.73 Å². The van der Waals surface area contributed by atoms with Gasteiger partial charge in [-0.2, -0.15) is 0 Å². The Morgan fingerprint density at radius 3 is 2.81 bits per heavy atom. The van der Waals surface area contributed by atoms with Crippen LogP contribution in [0.1, 0.15) is 25.2 Å². The molecule has 1 heterocycles. The highest BCUT2D eigenvalue weighted by Gasteiger charge is 2.39. The lowest BCUT2D eigenvalue weighted by atomic mass is 9.78. The van der Waals surface area contributed by atoms with Gasteiger partial charge in [0.2, 0.25) is 5.89 Å². The van der Waals surface area contributed by atoms with E-state index in [-0.39, 0.29) is 5.02 Å². The van der Waals surface area contributed by atoms with Gasteiger partial charge < -0.3 is 10.2 Å². The number of hydrogen-bond acceptors (Lipinski definition) is 3. The monoisotopic (exact) mass is 240 g/mol. The first-order chi connectivity index (χ1) is 7.58. The normalized spacial score (nSPS) is 18.7. The summed E-state index contributed by atoms with van der Waals surface area (Å²) in [5, 5.41) is 0.0482. The highest BCUT2D eigenvalue weighted by atomic mass is 35.5. The first-order valence-electron chi connectivity index (χ1n) is 5.13. The molecule has 1 fully saturated rings. The minimum atomic E-state index is -0.503. The van der Waals surface area contributed by atoms with Crippen molar-refractivity contribution < 1.29 is 8.81 Å². The lowest BCUT2D eigenvalue weighted by Gasteiger charge is -2.34. The third kappa shape index (κ3) is 1.33. The molecule has 0 amide bonds. The van der Waals surface area contributed by atoms with Gasteiger partial charge in [-0.1, -0.05) is 11.6 Å². The Morgan fingerprint density at radius 2 is 2.19 bits per heavy atom. The predicted octanol–water partition coefficient (Wildman–Crippen LogP) is 2.96. The van der Waals surface area contributed by atoms with E-state index in [4.69, 9.17) is 21.8 Å². The summed E-state index contributed by atoms with van der Waals surface area (Å²) < 4.78 is 18.7. The maximum Gasteiger partial charge on any atom is 0.215 e. The number of rotatable bonds is 1. The Bertz CT molecular complexity index is 523. The summed E-state index contributed by atoms with van der Waals surface area (Å²) in [5.74, 6) is -0.0213. The van der Waals surface area contributed by atoms with Crippen molar-refractivity contribution in [2.75, 3.05) is 0 Å². The predicted molar refractivity (Wildman–Crippen MR) is 58.7 cm³/mol. The molecule has 84 valence electrons. The number of nitrogens with zero attached hydrogens (tertiary/aromatic N) is 1. The molecule has 0 spiro atoms. The van der Waals surface area contributed by atoms with Crippen molar-refractivity contribution in [3.05, 3.63) is 28.9 Å². The number of oxazole rings is 1. The maximum absolute atomic E-state index is 13.2. The SMILES string of the molecule is NC1(c2nc3cc(Cl)c(F)cc3o2)CCC1. The molecule has 0 saturated heterocycles. The number of fused-ring (bicyclic) bond motifs is 1. The number of nitrogens with two attached hydrogens (primary N) is 1. The van der Waals surface area contributed by atoms with Gasteiger partial charge in [-0.3, -0.25) is 0 Å². The minimum absolute atomic E-state index is 0.0482. The first kappa shape index (κ1) is 10.1. The van der Waals surface area contributed by atoms with E-state index in [0.29, 0.717) is 17.0 Å². The quantitative estimate of drug-likeness (QED) is 0.834. The van der Waals surface area contributed by atoms with Crippen LogP contribution in [0.4, 0.5) is 4.39 Å². The van der Waals surface area contributed by atoms with E-state index in [1.165, 1.54) is 12.1 Å². The van der Waals surface area contributed by atoms with Gasteiger partial charge in [-0.05, 0) is 25.3 Å². The lowest BCUT2D eigenvalue weighted by Crippen LogP contribution is -2.43. The van der Waals surface area contributed by atoms with Gasteiger partial charge in [0.15, 0.2) is 5.58 Å². The summed E-state index contributed by atoms with van der Waals surface area (Å²) in [4.78, 5) is 4.27. The Kier molecular flexibility index (Phi) is 2.00. The second-order valence-corrected chi connectivity index (χ2v) is 4.67. The molecular weight excluding hydrogens is 231 g/mol. The third-order valence-corrected chi connectivity index (χ3v) is 3.39. The van der Waals surface area contributed by atoms with Crippen LogP contribution in [0.15, 0.2) is 16.5 Å². The van der Waals surface area contributed by atoms with Crippen molar-refractivity contribution >= 4 is 22.7 Å². The van der Waals surface area contributed by atoms with Crippen LogP contribution in [-0.2, 0) is 5.54 Å². The molecule has 2 N–H and O–H groups in total. The summed E-state index contributed by atoms with van der Waals surface area (Å²) >= 11 is 5.67. The van der Waals surface area contributed by atoms with E-state index >= 15 is 0 Å². The molecule has 0 bridgehead atoms. The van der Waals surface area contributed by atoms with Crippen molar-refractivity contribution in [3.63, 3.8) is 0 Å². The fourth-order valence-corrected chi connectivity index (χ4v) is 2.07. The van der Waals surface area contributed by atoms with E-state index in [9.17, 15) is 4.39 Å². The number of aromatic nitrogens is 1. The summed E-state index contributed by atoms with van der Waals surface area (Å²) in [5.41, 5.74) is 6.56. The van der Waals surface area contributed by atoms with Crippen LogP contribution in [0, 0.1) is 5.82 Å². The van der Waals surface area contributed by atoms with Crippen LogP contribution in [0.25, 0.3) is 11.1 Å². The number of benzene rings is 1. The van der Waals surface area contributed by atoms with Crippen molar-refractivity contribution in [1.82, 2.24) is 4.98 Å². The first-order valence-corrected chi connectivity index (χ1v) is 5.51. The molecular formula is C11H10ClFN2O. The highest BCUT2D eigenvalue weighted by Crippen LogP contribution is 2.39. The molecule has 1 aromatic carbocycles. The average molecular weight is 241 g/mol. The number of hydrogen-bond donors (Lipinski definition) is 1. The summed E-state index contributed by atoms with van der Waals surface area (Å²) in [6.45, 7) is 0. The molecule has 3 rings (SSSR count). The van der Waals surface area contributed by atoms with E-state index in [1.54, 1.807) is 0 Å². The number of halogens is 2. The van der Waals surface area contributed by atoms with Crippen LogP contribution in [0.3, 0.4) is 0 Å². The third-order valence-electron chi connectivity index (χ3n) is 3.10. The Hall–Kier alpha value is -1.13. The van der Waals surface area contributed by atoms with E-state index in [1.807, 2.05) is 0 Å². The van der Waals surface area contributed by atoms with Crippen LogP contribution in [0.5, 0.6) is 0 Å². The minimum Gasteiger partial charge on any atom is -0.439 e. The second-order valence-electron chi connectivity index (χ2n) is 4.26. The standard InChI is InChI=1S/C11H10ClFN2O/c12-6-4-8-9(5-7(6)13)16-10(15-8)11(14)2-1-3-11/h4-5H,1-3,14H2. The van der Waals surface area contributed by atoms with Gasteiger partial charge in [0, 0.05) is 6.07 Å². The summed E-state index contributed by atoms with van der Waals surface area (Å²) in [6.07, 6.45) is 2.79. The van der Waals surface area contributed by atoms with Crippen molar-refractivity contribution in [3.8, 4) is 0 Å². The fraction of sp³-hybridized carbons (Fsp3) is 0.364. The zero-order chi connectivity index (χ0) is 11.3. The second kappa shape index (κ2) is 3.18. The van der Waals surface area contributed by atoms with Gasteiger partial charge in [0.05, 0.1) is 10.6 Å². The molecule has 0 aliphatic heterocycles. The van der Waals surface area contributed by atoms with E-state index < -0.39 is 11.4 Å². The van der Waals surface area contributed by atoms with Crippen molar-refractivity contribution in [2.24, 2.45) is 5.73 Å². The Balaban J connectivity index is 2.16. The van der Waals surface area contributed by atoms with Crippen LogP contribution >= 0.6 is 11.6 Å². The summed E-state index contributed by atoms with van der Waals surface area (Å²) in [6, 6.07) is 2.71. The van der Waals surface area contributed by atoms with Gasteiger partial charge in [0.1, 0.15) is 11.3 Å². The van der Waals surface area contributed by atoms with Crippen molar-refractivity contribution in [2.45, 2.75) is 24.8 Å². The van der Waals surface area contributed by atoms with Gasteiger partial charge in [0.25, 0.3) is 0 Å². The van der Waals surface area contributed by atoms with Crippen molar-refractivity contribution in [1.29, 1.82) is 0 Å². The molecule has 1 aliphatic rings. The molecule has 5 heteroatoms. The van der Waals surface area contributed by atoms with Crippen LogP contribution in [0.2, 0.25) is 5.02 Å². The molecule has 0 unspecified atom stereocenters. The lowest BCUT2D eigenvalue weighted by molar-refractivity contribution is 0.203. The van der Waals surface area contributed by atoms with Gasteiger partial charge >= 0.3 is 0 Å². The van der Waals surface area contributed by atoms with Gasteiger partial charge in [-0.15, -0.1) is 0 Å². The zero-order valence-electron chi connectivity index (χ0n) is 8.46. The Labute approximate surface area is 96.4 Å². The maximum atomic E-state index is 13.2. The van der Waals surface area contributed by atoms with E-state index in [0.717, 1.165) is 19.3 Å². The molecule has 1 saturated carbocycles. The fourth-order valence-electron chi connectivity index (χ4n) is 1.91. The molecule has 0 radical (unpaired) electrons. The van der Waals surface area contributed by atoms with E-state index in [2.05, 4.69) is 4.98 Å². The zero-order valence-corrected chi connectivity index (χ0v) is 9.22. The molecule has 3 nitrogen and oxygen atoms in total. The molecule has 1 aromatic heterocycles. The molecule has 1 aliphatic carbocycles. The molecule has 16 heavy (non-hydrogen) atoms. The molecule has 2 aromatic rings. The summed E-state index contributed by atoms with van der Waals surface area (Å²) in [7, 11) is 0. The average Bonchev–Trinajstić information content (AvgIpc) is 2.58. The van der Waals surface area contributed by atoms with Gasteiger partial charge in [-0.25, -0.2) is 9.37 Å². The van der Waals surface area contributed by atoms with Crippen LogP contribution in [-0.4, -0.2) is 4.98 Å². The highest BCUT2D eigenvalue weighted by molar-refractivity contribution is 6.31. The smallest absolute Gasteiger partial charge is 0.215 e. The molecule has 0 atom stereocenters. The largest absolute Gasteiger partial charge is 0.439 e.